The van der Waals surface area contributed by atoms with Gasteiger partial charge in [-0.2, -0.15) is 0 Å². The molecule has 0 aromatic carbocycles. The first-order valence-electron chi connectivity index (χ1n) is 5.16. The van der Waals surface area contributed by atoms with Gasteiger partial charge in [-0.15, -0.1) is 0 Å². The Morgan fingerprint density at radius 1 is 1.18 bits per heavy atom. The average Bonchev–Trinajstić information content (AvgIpc) is 2.40. The van der Waals surface area contributed by atoms with Gasteiger partial charge in [0.05, 0.1) is 0 Å². The lowest BCUT2D eigenvalue weighted by molar-refractivity contribution is 0.102. The molecule has 2 aromatic heterocycles. The van der Waals surface area contributed by atoms with Crippen LogP contribution in [0.5, 0.6) is 0 Å². The lowest BCUT2D eigenvalue weighted by Gasteiger charge is -2.05. The molecule has 2 heterocycles. The van der Waals surface area contributed by atoms with Crippen LogP contribution in [0.2, 0.25) is 0 Å². The van der Waals surface area contributed by atoms with Gasteiger partial charge in [-0.3, -0.25) is 9.78 Å². The molecule has 1 amide bonds. The first kappa shape index (κ1) is 11.1. The summed E-state index contributed by atoms with van der Waals surface area (Å²) in [7, 11) is 1.79. The van der Waals surface area contributed by atoms with Gasteiger partial charge in [0.1, 0.15) is 11.5 Å². The molecule has 5 nitrogen and oxygen atoms in total. The van der Waals surface area contributed by atoms with Crippen molar-refractivity contribution in [1.82, 2.24) is 9.97 Å². The van der Waals surface area contributed by atoms with Crippen molar-refractivity contribution in [1.29, 1.82) is 0 Å². The van der Waals surface area contributed by atoms with Gasteiger partial charge in [0.25, 0.3) is 5.91 Å². The molecule has 0 atom stereocenters. The Hall–Kier alpha value is -2.43. The Kier molecular flexibility index (Phi) is 3.30. The van der Waals surface area contributed by atoms with Gasteiger partial charge in [0, 0.05) is 25.1 Å². The van der Waals surface area contributed by atoms with E-state index in [9.17, 15) is 4.79 Å². The minimum absolute atomic E-state index is 0.277. The number of nitrogens with zero attached hydrogens (tertiary/aromatic N) is 2. The first-order chi connectivity index (χ1) is 8.29. The van der Waals surface area contributed by atoms with Crippen molar-refractivity contribution in [2.24, 2.45) is 0 Å². The maximum atomic E-state index is 11.8. The largest absolute Gasteiger partial charge is 0.388 e. The second-order valence-corrected chi connectivity index (χ2v) is 3.35. The fraction of sp³-hybridized carbons (Fsp3) is 0.0833. The van der Waals surface area contributed by atoms with Crippen LogP contribution in [-0.4, -0.2) is 22.9 Å². The zero-order valence-electron chi connectivity index (χ0n) is 9.34. The van der Waals surface area contributed by atoms with Crippen molar-refractivity contribution >= 4 is 17.4 Å². The van der Waals surface area contributed by atoms with Crippen LogP contribution >= 0.6 is 0 Å². The summed E-state index contributed by atoms with van der Waals surface area (Å²) in [6.45, 7) is 0. The summed E-state index contributed by atoms with van der Waals surface area (Å²) >= 11 is 0. The van der Waals surface area contributed by atoms with E-state index in [1.54, 1.807) is 49.8 Å². The molecule has 0 fully saturated rings. The molecule has 17 heavy (non-hydrogen) atoms. The highest BCUT2D eigenvalue weighted by Gasteiger charge is 2.08. The monoisotopic (exact) mass is 228 g/mol. The highest BCUT2D eigenvalue weighted by Crippen LogP contribution is 2.09. The Morgan fingerprint density at radius 2 is 2.06 bits per heavy atom. The molecular formula is C12H12N4O. The fourth-order valence-electron chi connectivity index (χ4n) is 1.33. The third-order valence-electron chi connectivity index (χ3n) is 2.19. The van der Waals surface area contributed by atoms with E-state index < -0.39 is 0 Å². The van der Waals surface area contributed by atoms with Crippen LogP contribution in [-0.2, 0) is 0 Å². The van der Waals surface area contributed by atoms with E-state index in [0.717, 1.165) is 5.69 Å². The minimum Gasteiger partial charge on any atom is -0.388 e. The van der Waals surface area contributed by atoms with Crippen molar-refractivity contribution in [3.05, 3.63) is 48.4 Å². The predicted molar refractivity (Wildman–Crippen MR) is 66.0 cm³/mol. The summed E-state index contributed by atoms with van der Waals surface area (Å²) in [5.41, 5.74) is 1.19. The topological polar surface area (TPSA) is 66.9 Å². The summed E-state index contributed by atoms with van der Waals surface area (Å²) in [5, 5.41) is 5.62. The average molecular weight is 228 g/mol. The van der Waals surface area contributed by atoms with Crippen molar-refractivity contribution in [2.75, 3.05) is 17.7 Å². The molecule has 0 bridgehead atoms. The van der Waals surface area contributed by atoms with Crippen LogP contribution in [0.4, 0.5) is 11.5 Å². The summed E-state index contributed by atoms with van der Waals surface area (Å²) in [5.74, 6) is 0.231. The number of hydrogen-bond acceptors (Lipinski definition) is 4. The predicted octanol–water partition coefficient (Wildman–Crippen LogP) is 1.77. The van der Waals surface area contributed by atoms with Crippen LogP contribution in [0.1, 0.15) is 10.5 Å². The van der Waals surface area contributed by atoms with Gasteiger partial charge in [0.2, 0.25) is 0 Å². The standard InChI is InChI=1S/C12H12N4O/c1-13-9-5-7-14-10(8-9)12(17)16-11-4-2-3-6-15-11/h2-8H,1H3,(H,13,14)(H,15,16,17). The Labute approximate surface area is 98.9 Å². The Morgan fingerprint density at radius 3 is 2.76 bits per heavy atom. The lowest BCUT2D eigenvalue weighted by Crippen LogP contribution is -2.14. The number of anilines is 2. The summed E-state index contributed by atoms with van der Waals surface area (Å²) in [4.78, 5) is 19.9. The van der Waals surface area contributed by atoms with Crippen LogP contribution in [0.25, 0.3) is 0 Å². The Balaban J connectivity index is 2.14. The van der Waals surface area contributed by atoms with Crippen LogP contribution in [0.3, 0.4) is 0 Å². The molecule has 2 N–H and O–H groups in total. The van der Waals surface area contributed by atoms with Gasteiger partial charge >= 0.3 is 0 Å². The molecule has 86 valence electrons. The maximum Gasteiger partial charge on any atom is 0.275 e. The van der Waals surface area contributed by atoms with E-state index in [4.69, 9.17) is 0 Å². The van der Waals surface area contributed by atoms with Crippen molar-refractivity contribution in [3.8, 4) is 0 Å². The fourth-order valence-corrected chi connectivity index (χ4v) is 1.33. The summed E-state index contributed by atoms with van der Waals surface area (Å²) in [6, 6.07) is 8.78. The van der Waals surface area contributed by atoms with Crippen molar-refractivity contribution < 1.29 is 4.79 Å². The van der Waals surface area contributed by atoms with Crippen LogP contribution < -0.4 is 10.6 Å². The first-order valence-corrected chi connectivity index (χ1v) is 5.16. The van der Waals surface area contributed by atoms with Crippen molar-refractivity contribution in [3.63, 3.8) is 0 Å². The number of nitrogens with one attached hydrogen (secondary N) is 2. The molecular weight excluding hydrogens is 216 g/mol. The van der Waals surface area contributed by atoms with E-state index in [-0.39, 0.29) is 5.91 Å². The van der Waals surface area contributed by atoms with Gasteiger partial charge in [-0.25, -0.2) is 4.98 Å². The molecule has 0 spiro atoms. The van der Waals surface area contributed by atoms with Crippen molar-refractivity contribution in [2.45, 2.75) is 0 Å². The van der Waals surface area contributed by atoms with Crippen LogP contribution in [0.15, 0.2) is 42.7 Å². The van der Waals surface area contributed by atoms with Gasteiger partial charge < -0.3 is 10.6 Å². The molecule has 0 aliphatic carbocycles. The van der Waals surface area contributed by atoms with E-state index in [1.165, 1.54) is 0 Å². The number of rotatable bonds is 3. The number of pyridine rings is 2. The third kappa shape index (κ3) is 2.78. The molecule has 5 heteroatoms. The molecule has 0 radical (unpaired) electrons. The summed E-state index contributed by atoms with van der Waals surface area (Å²) in [6.07, 6.45) is 3.20. The molecule has 2 aromatic rings. The maximum absolute atomic E-state index is 11.8. The molecule has 0 aliphatic heterocycles. The number of aromatic nitrogens is 2. The van der Waals surface area contributed by atoms with E-state index >= 15 is 0 Å². The van der Waals surface area contributed by atoms with Gasteiger partial charge in [-0.1, -0.05) is 6.07 Å². The lowest BCUT2D eigenvalue weighted by atomic mass is 10.3. The molecule has 0 saturated heterocycles. The second kappa shape index (κ2) is 5.07. The minimum atomic E-state index is -0.277. The number of hydrogen-bond donors (Lipinski definition) is 2. The number of carbonyl (C=O) groups is 1. The number of amides is 1. The summed E-state index contributed by atoms with van der Waals surface area (Å²) < 4.78 is 0. The quantitative estimate of drug-likeness (QED) is 0.840. The highest BCUT2D eigenvalue weighted by atomic mass is 16.1. The van der Waals surface area contributed by atoms with Gasteiger partial charge in [0.15, 0.2) is 0 Å². The van der Waals surface area contributed by atoms with E-state index in [0.29, 0.717) is 11.5 Å². The zero-order valence-corrected chi connectivity index (χ0v) is 9.34. The normalized spacial score (nSPS) is 9.71. The smallest absolute Gasteiger partial charge is 0.275 e. The number of carbonyl (C=O) groups excluding carboxylic acids is 1. The molecule has 0 aliphatic rings. The van der Waals surface area contributed by atoms with E-state index in [2.05, 4.69) is 20.6 Å². The Bertz CT molecular complexity index is 513. The van der Waals surface area contributed by atoms with E-state index in [1.807, 2.05) is 0 Å². The van der Waals surface area contributed by atoms with Gasteiger partial charge in [-0.05, 0) is 24.3 Å². The van der Waals surface area contributed by atoms with Crippen LogP contribution in [0, 0.1) is 0 Å². The highest BCUT2D eigenvalue weighted by molar-refractivity contribution is 6.02. The molecule has 2 rings (SSSR count). The zero-order chi connectivity index (χ0) is 12.1. The molecule has 0 unspecified atom stereocenters. The second-order valence-electron chi connectivity index (χ2n) is 3.35. The third-order valence-corrected chi connectivity index (χ3v) is 2.19. The SMILES string of the molecule is CNc1ccnc(C(=O)Nc2ccccn2)c1. The molecule has 0 saturated carbocycles.